The van der Waals surface area contributed by atoms with Gasteiger partial charge in [-0.25, -0.2) is 0 Å². The zero-order valence-electron chi connectivity index (χ0n) is 13.6. The largest absolute Gasteiger partial charge is 0.309 e. The first-order chi connectivity index (χ1) is 9.77. The highest BCUT2D eigenvalue weighted by atomic mass is 14.9. The number of unbranched alkanes of at least 4 members (excludes halogenated alkanes) is 5. The lowest BCUT2D eigenvalue weighted by molar-refractivity contribution is 0.458. The highest BCUT2D eigenvalue weighted by Gasteiger charge is 2.11. The number of hydrogen-bond acceptors (Lipinski definition) is 2. The van der Waals surface area contributed by atoms with E-state index >= 15 is 0 Å². The van der Waals surface area contributed by atoms with E-state index in [1.807, 2.05) is 6.20 Å². The second kappa shape index (κ2) is 10.8. The monoisotopic (exact) mass is 276 g/mol. The van der Waals surface area contributed by atoms with Gasteiger partial charge in [0.1, 0.15) is 0 Å². The predicted molar refractivity (Wildman–Crippen MR) is 88.0 cm³/mol. The van der Waals surface area contributed by atoms with Crippen LogP contribution in [0.4, 0.5) is 0 Å². The minimum absolute atomic E-state index is 0.432. The van der Waals surface area contributed by atoms with Crippen molar-refractivity contribution >= 4 is 0 Å². The number of aromatic nitrogens is 1. The van der Waals surface area contributed by atoms with Gasteiger partial charge < -0.3 is 5.32 Å². The van der Waals surface area contributed by atoms with Gasteiger partial charge in [-0.05, 0) is 44.0 Å². The molecule has 1 unspecified atom stereocenters. The highest BCUT2D eigenvalue weighted by Crippen LogP contribution is 2.19. The number of aryl methyl sites for hydroxylation is 1. The number of rotatable bonds is 11. The minimum atomic E-state index is 0.432. The van der Waals surface area contributed by atoms with Crippen LogP contribution in [0.2, 0.25) is 0 Å². The maximum atomic E-state index is 4.56. The van der Waals surface area contributed by atoms with Gasteiger partial charge in [0.25, 0.3) is 0 Å². The molecule has 0 spiro atoms. The molecule has 0 amide bonds. The molecule has 0 aliphatic rings. The first-order valence-corrected chi connectivity index (χ1v) is 8.43. The van der Waals surface area contributed by atoms with Crippen LogP contribution in [-0.4, -0.2) is 11.5 Å². The van der Waals surface area contributed by atoms with Gasteiger partial charge in [-0.2, -0.15) is 0 Å². The average molecular weight is 276 g/mol. The third-order valence-electron chi connectivity index (χ3n) is 3.78. The molecule has 114 valence electrons. The summed E-state index contributed by atoms with van der Waals surface area (Å²) < 4.78 is 0. The van der Waals surface area contributed by atoms with E-state index in [1.165, 1.54) is 62.6 Å². The van der Waals surface area contributed by atoms with Gasteiger partial charge >= 0.3 is 0 Å². The molecule has 2 heteroatoms. The van der Waals surface area contributed by atoms with Crippen molar-refractivity contribution in [1.29, 1.82) is 0 Å². The third-order valence-corrected chi connectivity index (χ3v) is 3.78. The summed E-state index contributed by atoms with van der Waals surface area (Å²) in [5, 5.41) is 3.65. The van der Waals surface area contributed by atoms with Crippen LogP contribution in [0, 0.1) is 6.92 Å². The maximum Gasteiger partial charge on any atom is 0.0575 e. The normalized spacial score (nSPS) is 12.6. The Morgan fingerprint density at radius 2 is 1.80 bits per heavy atom. The van der Waals surface area contributed by atoms with E-state index in [4.69, 9.17) is 0 Å². The predicted octanol–water partition coefficient (Wildman–Crippen LogP) is 5.18. The zero-order valence-corrected chi connectivity index (χ0v) is 13.6. The van der Waals surface area contributed by atoms with Crippen molar-refractivity contribution in [3.63, 3.8) is 0 Å². The molecule has 0 fully saturated rings. The van der Waals surface area contributed by atoms with Crippen molar-refractivity contribution in [3.8, 4) is 0 Å². The summed E-state index contributed by atoms with van der Waals surface area (Å²) in [7, 11) is 0. The van der Waals surface area contributed by atoms with Gasteiger partial charge in [0.15, 0.2) is 0 Å². The molecule has 1 N–H and O–H groups in total. The van der Waals surface area contributed by atoms with Crippen molar-refractivity contribution < 1.29 is 0 Å². The lowest BCUT2D eigenvalue weighted by Crippen LogP contribution is -2.23. The molecular formula is C18H32N2. The van der Waals surface area contributed by atoms with Gasteiger partial charge in [-0.15, -0.1) is 0 Å². The summed E-state index contributed by atoms with van der Waals surface area (Å²) in [6.45, 7) is 7.72. The molecule has 0 aliphatic heterocycles. The molecule has 1 atom stereocenters. The van der Waals surface area contributed by atoms with Crippen molar-refractivity contribution in [1.82, 2.24) is 10.3 Å². The van der Waals surface area contributed by atoms with E-state index in [1.54, 1.807) is 0 Å². The first kappa shape index (κ1) is 17.2. The van der Waals surface area contributed by atoms with Crippen molar-refractivity contribution in [3.05, 3.63) is 29.6 Å². The Bertz CT molecular complexity index is 349. The molecule has 1 aromatic rings. The van der Waals surface area contributed by atoms with Crippen LogP contribution in [0.3, 0.4) is 0 Å². The van der Waals surface area contributed by atoms with Crippen LogP contribution in [-0.2, 0) is 0 Å². The van der Waals surface area contributed by atoms with E-state index in [0.29, 0.717) is 6.04 Å². The Labute approximate surface area is 125 Å². The third kappa shape index (κ3) is 7.04. The summed E-state index contributed by atoms with van der Waals surface area (Å²) in [6.07, 6.45) is 12.5. The van der Waals surface area contributed by atoms with E-state index in [2.05, 4.69) is 43.2 Å². The Morgan fingerprint density at radius 1 is 1.05 bits per heavy atom. The molecule has 0 radical (unpaired) electrons. The second-order valence-electron chi connectivity index (χ2n) is 5.82. The summed E-state index contributed by atoms with van der Waals surface area (Å²) in [5.74, 6) is 0. The summed E-state index contributed by atoms with van der Waals surface area (Å²) in [5.41, 5.74) is 2.52. The van der Waals surface area contributed by atoms with Gasteiger partial charge in [0.05, 0.1) is 5.69 Å². The van der Waals surface area contributed by atoms with E-state index < -0.39 is 0 Å². The van der Waals surface area contributed by atoms with Crippen molar-refractivity contribution in [2.24, 2.45) is 0 Å². The van der Waals surface area contributed by atoms with Gasteiger partial charge in [0, 0.05) is 12.2 Å². The van der Waals surface area contributed by atoms with Crippen LogP contribution in [0.25, 0.3) is 0 Å². The molecule has 0 aromatic carbocycles. The number of nitrogens with one attached hydrogen (secondary N) is 1. The molecule has 0 saturated carbocycles. The molecule has 1 heterocycles. The van der Waals surface area contributed by atoms with E-state index in [0.717, 1.165) is 6.54 Å². The van der Waals surface area contributed by atoms with E-state index in [9.17, 15) is 0 Å². The van der Waals surface area contributed by atoms with Crippen LogP contribution in [0.1, 0.15) is 82.5 Å². The fraction of sp³-hybridized carbons (Fsp3) is 0.722. The number of nitrogens with zero attached hydrogens (tertiary/aromatic N) is 1. The Morgan fingerprint density at radius 3 is 2.50 bits per heavy atom. The molecule has 20 heavy (non-hydrogen) atoms. The maximum absolute atomic E-state index is 4.56. The molecule has 2 nitrogen and oxygen atoms in total. The zero-order chi connectivity index (χ0) is 14.6. The molecule has 1 rings (SSSR count). The van der Waals surface area contributed by atoms with Crippen LogP contribution >= 0.6 is 0 Å². The number of pyridine rings is 1. The molecular weight excluding hydrogens is 244 g/mol. The quantitative estimate of drug-likeness (QED) is 0.563. The second-order valence-corrected chi connectivity index (χ2v) is 5.82. The Hall–Kier alpha value is -0.890. The minimum Gasteiger partial charge on any atom is -0.309 e. The molecule has 0 bridgehead atoms. The topological polar surface area (TPSA) is 24.9 Å². The van der Waals surface area contributed by atoms with Gasteiger partial charge in [-0.1, -0.05) is 52.4 Å². The van der Waals surface area contributed by atoms with Crippen LogP contribution in [0.5, 0.6) is 0 Å². The van der Waals surface area contributed by atoms with Gasteiger partial charge in [-0.3, -0.25) is 4.98 Å². The van der Waals surface area contributed by atoms with Crippen LogP contribution in [0.15, 0.2) is 18.3 Å². The van der Waals surface area contributed by atoms with Crippen LogP contribution < -0.4 is 5.32 Å². The molecule has 0 saturated heterocycles. The SMILES string of the molecule is CCCCCCCCC(NCCC)c1cc(C)ccn1. The fourth-order valence-corrected chi connectivity index (χ4v) is 2.55. The van der Waals surface area contributed by atoms with Crippen molar-refractivity contribution in [2.45, 2.75) is 78.2 Å². The Kier molecular flexibility index (Phi) is 9.31. The summed E-state index contributed by atoms with van der Waals surface area (Å²) in [6, 6.07) is 4.73. The average Bonchev–Trinajstić information content (AvgIpc) is 2.45. The summed E-state index contributed by atoms with van der Waals surface area (Å²) in [4.78, 5) is 4.56. The standard InChI is InChI=1S/C18H32N2/c1-4-6-7-8-9-10-11-17(19-13-5-2)18-15-16(3)12-14-20-18/h12,14-15,17,19H,4-11,13H2,1-3H3. The highest BCUT2D eigenvalue weighted by molar-refractivity contribution is 5.17. The van der Waals surface area contributed by atoms with Gasteiger partial charge in [0.2, 0.25) is 0 Å². The van der Waals surface area contributed by atoms with Crippen molar-refractivity contribution in [2.75, 3.05) is 6.54 Å². The molecule has 0 aliphatic carbocycles. The number of hydrogen-bond donors (Lipinski definition) is 1. The lowest BCUT2D eigenvalue weighted by atomic mass is 10.0. The smallest absolute Gasteiger partial charge is 0.0575 e. The first-order valence-electron chi connectivity index (χ1n) is 8.43. The molecule has 1 aromatic heterocycles. The Balaban J connectivity index is 2.40. The fourth-order valence-electron chi connectivity index (χ4n) is 2.55. The summed E-state index contributed by atoms with van der Waals surface area (Å²) >= 11 is 0. The van der Waals surface area contributed by atoms with E-state index in [-0.39, 0.29) is 0 Å². The lowest BCUT2D eigenvalue weighted by Gasteiger charge is -2.18.